The van der Waals surface area contributed by atoms with Crippen molar-refractivity contribution in [3.05, 3.63) is 28.8 Å². The lowest BCUT2D eigenvalue weighted by Gasteiger charge is -2.17. The Bertz CT molecular complexity index is 986. The van der Waals surface area contributed by atoms with E-state index in [9.17, 15) is 9.59 Å². The van der Waals surface area contributed by atoms with E-state index >= 15 is 0 Å². The fraction of sp³-hybridized carbons (Fsp3) is 0.545. The summed E-state index contributed by atoms with van der Waals surface area (Å²) in [6.07, 6.45) is 5.10. The monoisotopic (exact) mass is 442 g/mol. The summed E-state index contributed by atoms with van der Waals surface area (Å²) in [7, 11) is 1.63. The van der Waals surface area contributed by atoms with Crippen LogP contribution in [0.5, 0.6) is 11.5 Å². The third kappa shape index (κ3) is 4.81. The Morgan fingerprint density at radius 3 is 2.77 bits per heavy atom. The molecule has 2 heterocycles. The molecule has 1 atom stereocenters. The Morgan fingerprint density at radius 2 is 2.03 bits per heavy atom. The van der Waals surface area contributed by atoms with Gasteiger partial charge in [-0.3, -0.25) is 14.9 Å². The number of hydrogen-bond acceptors (Lipinski definition) is 7. The van der Waals surface area contributed by atoms with Crippen molar-refractivity contribution in [2.75, 3.05) is 32.1 Å². The van der Waals surface area contributed by atoms with Crippen molar-refractivity contribution in [2.24, 2.45) is 5.92 Å². The predicted molar refractivity (Wildman–Crippen MR) is 116 cm³/mol. The van der Waals surface area contributed by atoms with E-state index in [1.165, 1.54) is 24.2 Å². The third-order valence-corrected chi connectivity index (χ3v) is 6.99. The number of nitrogens with one attached hydrogen (secondary N) is 1. The number of ether oxygens (including phenoxy) is 2. The number of hydrogen-bond donors (Lipinski definition) is 1. The number of carbonyl (C=O) groups is 2. The van der Waals surface area contributed by atoms with Crippen molar-refractivity contribution in [2.45, 2.75) is 43.9 Å². The number of nitrogens with zero attached hydrogens (tertiary/aromatic N) is 3. The van der Waals surface area contributed by atoms with Gasteiger partial charge >= 0.3 is 0 Å². The van der Waals surface area contributed by atoms with Gasteiger partial charge in [0, 0.05) is 24.8 Å². The fourth-order valence-corrected chi connectivity index (χ4v) is 4.74. The average Bonchev–Trinajstić information content (AvgIpc) is 3.69. The molecular weight excluding hydrogens is 416 g/mol. The van der Waals surface area contributed by atoms with E-state index in [4.69, 9.17) is 9.47 Å². The van der Waals surface area contributed by atoms with Gasteiger partial charge in [0.15, 0.2) is 11.5 Å². The van der Waals surface area contributed by atoms with Crippen LogP contribution in [0.4, 0.5) is 5.13 Å². The zero-order valence-electron chi connectivity index (χ0n) is 17.5. The summed E-state index contributed by atoms with van der Waals surface area (Å²) in [4.78, 5) is 26.6. The van der Waals surface area contributed by atoms with Crippen LogP contribution in [-0.2, 0) is 9.59 Å². The van der Waals surface area contributed by atoms with Crippen molar-refractivity contribution in [1.82, 2.24) is 15.1 Å². The smallest absolute Gasteiger partial charge is 0.245 e. The molecule has 31 heavy (non-hydrogen) atoms. The molecule has 8 nitrogen and oxygen atoms in total. The minimum atomic E-state index is -0.240. The van der Waals surface area contributed by atoms with Crippen molar-refractivity contribution in [3.8, 4) is 11.5 Å². The first-order valence-corrected chi connectivity index (χ1v) is 11.6. The molecule has 1 aromatic carbocycles. The first-order valence-electron chi connectivity index (χ1n) is 10.8. The Balaban J connectivity index is 1.19. The third-order valence-electron chi connectivity index (χ3n) is 5.99. The van der Waals surface area contributed by atoms with Crippen LogP contribution in [0.2, 0.25) is 0 Å². The molecular formula is C22H26N4O4S. The molecule has 5 rings (SSSR count). The van der Waals surface area contributed by atoms with Gasteiger partial charge in [0.25, 0.3) is 0 Å². The predicted octanol–water partition coefficient (Wildman–Crippen LogP) is 3.17. The number of rotatable bonds is 9. The maximum absolute atomic E-state index is 12.5. The van der Waals surface area contributed by atoms with E-state index in [1.54, 1.807) is 12.0 Å². The molecule has 2 saturated carbocycles. The van der Waals surface area contributed by atoms with Gasteiger partial charge in [0.05, 0.1) is 20.3 Å². The van der Waals surface area contributed by atoms with Gasteiger partial charge in [-0.15, -0.1) is 10.2 Å². The van der Waals surface area contributed by atoms with Crippen molar-refractivity contribution in [1.29, 1.82) is 0 Å². The molecule has 0 bridgehead atoms. The first-order chi connectivity index (χ1) is 15.1. The van der Waals surface area contributed by atoms with E-state index < -0.39 is 0 Å². The van der Waals surface area contributed by atoms with E-state index in [1.807, 2.05) is 18.2 Å². The van der Waals surface area contributed by atoms with Crippen LogP contribution in [0.25, 0.3) is 0 Å². The highest BCUT2D eigenvalue weighted by atomic mass is 32.1. The number of likely N-dealkylation sites (tertiary alicyclic amines) is 1. The van der Waals surface area contributed by atoms with Crippen molar-refractivity contribution < 1.29 is 19.1 Å². The number of benzene rings is 1. The zero-order valence-corrected chi connectivity index (χ0v) is 18.3. The summed E-state index contributed by atoms with van der Waals surface area (Å²) in [6.45, 7) is 1.22. The highest BCUT2D eigenvalue weighted by molar-refractivity contribution is 7.15. The van der Waals surface area contributed by atoms with Crippen LogP contribution in [0.15, 0.2) is 18.2 Å². The van der Waals surface area contributed by atoms with Crippen LogP contribution < -0.4 is 14.8 Å². The van der Waals surface area contributed by atoms with Crippen LogP contribution in [0.3, 0.4) is 0 Å². The van der Waals surface area contributed by atoms with Crippen LogP contribution >= 0.6 is 11.3 Å². The Morgan fingerprint density at radius 1 is 1.19 bits per heavy atom. The molecule has 0 unspecified atom stereocenters. The molecule has 3 aliphatic rings. The maximum atomic E-state index is 12.5. The lowest BCUT2D eigenvalue weighted by atomic mass is 9.98. The summed E-state index contributed by atoms with van der Waals surface area (Å²) in [6, 6.07) is 5.85. The van der Waals surface area contributed by atoms with Gasteiger partial charge in [-0.2, -0.15) is 0 Å². The lowest BCUT2D eigenvalue weighted by Crippen LogP contribution is -2.34. The SMILES string of the molecule is COc1ccc([C@@H]2CC(=O)N(CC(=O)Nc3nnc(C4CC4)s3)C2)cc1OCC1CC1. The quantitative estimate of drug-likeness (QED) is 0.641. The van der Waals surface area contributed by atoms with E-state index in [-0.39, 0.29) is 24.3 Å². The Hall–Kier alpha value is -2.68. The van der Waals surface area contributed by atoms with Crippen molar-refractivity contribution in [3.63, 3.8) is 0 Å². The fourth-order valence-electron chi connectivity index (χ4n) is 3.81. The van der Waals surface area contributed by atoms with Crippen molar-refractivity contribution >= 4 is 28.3 Å². The second kappa shape index (κ2) is 8.45. The van der Waals surface area contributed by atoms with Gasteiger partial charge in [-0.05, 0) is 49.3 Å². The molecule has 164 valence electrons. The van der Waals surface area contributed by atoms with Gasteiger partial charge < -0.3 is 14.4 Å². The van der Waals surface area contributed by atoms with Crippen LogP contribution in [-0.4, -0.2) is 53.7 Å². The summed E-state index contributed by atoms with van der Waals surface area (Å²) in [5.74, 6) is 2.34. The first kappa shape index (κ1) is 20.2. The lowest BCUT2D eigenvalue weighted by molar-refractivity contribution is -0.131. The number of amides is 2. The molecule has 3 fully saturated rings. The summed E-state index contributed by atoms with van der Waals surface area (Å²) in [5, 5.41) is 12.4. The van der Waals surface area contributed by atoms with Gasteiger partial charge in [-0.25, -0.2) is 0 Å². The number of aromatic nitrogens is 2. The largest absolute Gasteiger partial charge is 0.493 e. The molecule has 1 N–H and O–H groups in total. The number of anilines is 1. The summed E-state index contributed by atoms with van der Waals surface area (Å²) >= 11 is 1.42. The summed E-state index contributed by atoms with van der Waals surface area (Å²) in [5.41, 5.74) is 1.03. The molecule has 1 aromatic heterocycles. The van der Waals surface area contributed by atoms with Crippen LogP contribution in [0.1, 0.15) is 54.5 Å². The maximum Gasteiger partial charge on any atom is 0.245 e. The molecule has 1 saturated heterocycles. The summed E-state index contributed by atoms with van der Waals surface area (Å²) < 4.78 is 11.4. The van der Waals surface area contributed by atoms with E-state index in [0.29, 0.717) is 42.3 Å². The molecule has 2 aromatic rings. The minimum absolute atomic E-state index is 0.0210. The average molecular weight is 443 g/mol. The van der Waals surface area contributed by atoms with E-state index in [2.05, 4.69) is 15.5 Å². The highest BCUT2D eigenvalue weighted by Gasteiger charge is 2.33. The molecule has 9 heteroatoms. The van der Waals surface area contributed by atoms with Gasteiger partial charge in [0.2, 0.25) is 16.9 Å². The minimum Gasteiger partial charge on any atom is -0.493 e. The second-order valence-corrected chi connectivity index (χ2v) is 9.62. The molecule has 1 aliphatic heterocycles. The van der Waals surface area contributed by atoms with Crippen LogP contribution in [0, 0.1) is 5.92 Å². The van der Waals surface area contributed by atoms with E-state index in [0.717, 1.165) is 29.2 Å². The zero-order chi connectivity index (χ0) is 21.4. The Labute approximate surface area is 184 Å². The standard InChI is InChI=1S/C22H26N4O4S/c1-29-17-7-6-15(8-18(17)30-12-13-2-3-13)16-9-20(28)26(10-16)11-19(27)23-22-25-24-21(31-22)14-4-5-14/h6-8,13-14,16H,2-5,9-12H2,1H3,(H,23,25,27)/t16-/m1/s1. The van der Waals surface area contributed by atoms with Gasteiger partial charge in [0.1, 0.15) is 5.01 Å². The second-order valence-electron chi connectivity index (χ2n) is 8.61. The van der Waals surface area contributed by atoms with Gasteiger partial charge in [-0.1, -0.05) is 17.4 Å². The molecule has 2 amide bonds. The number of carbonyl (C=O) groups excluding carboxylic acids is 2. The molecule has 2 aliphatic carbocycles. The molecule has 0 radical (unpaired) electrons. The highest BCUT2D eigenvalue weighted by Crippen LogP contribution is 2.42. The Kier molecular flexibility index (Phi) is 5.52. The topological polar surface area (TPSA) is 93.7 Å². The normalized spacial score (nSPS) is 20.7. The molecule has 0 spiro atoms. The number of methoxy groups -OCH3 is 1.